The minimum Gasteiger partial charge on any atom is -0.496 e. The van der Waals surface area contributed by atoms with Crippen molar-refractivity contribution in [2.24, 2.45) is 0 Å². The van der Waals surface area contributed by atoms with Crippen LogP contribution in [0.15, 0.2) is 23.6 Å². The fourth-order valence-electron chi connectivity index (χ4n) is 1.73. The van der Waals surface area contributed by atoms with Crippen molar-refractivity contribution in [2.75, 3.05) is 7.11 Å². The van der Waals surface area contributed by atoms with Crippen molar-refractivity contribution in [2.45, 2.75) is 19.8 Å². The minimum absolute atomic E-state index is 0.448. The summed E-state index contributed by atoms with van der Waals surface area (Å²) >= 11 is 1.35. The molecule has 0 aliphatic rings. The first-order chi connectivity index (χ1) is 8.65. The number of ether oxygens (including phenoxy) is 1. The van der Waals surface area contributed by atoms with Crippen molar-refractivity contribution < 1.29 is 4.74 Å². The van der Waals surface area contributed by atoms with Crippen molar-refractivity contribution in [3.8, 4) is 23.1 Å². The maximum atomic E-state index is 8.83. The highest BCUT2D eigenvalue weighted by atomic mass is 32.1. The minimum atomic E-state index is 0.448. The molecule has 0 amide bonds. The maximum Gasteiger partial charge on any atom is 0.194 e. The summed E-state index contributed by atoms with van der Waals surface area (Å²) in [7, 11) is 1.64. The van der Waals surface area contributed by atoms with Gasteiger partial charge in [0.1, 0.15) is 11.8 Å². The Bertz CT molecular complexity index is 596. The predicted octanol–water partition coefficient (Wildman–Crippen LogP) is 3.81. The molecule has 1 aromatic heterocycles. The van der Waals surface area contributed by atoms with Crippen molar-refractivity contribution in [1.82, 2.24) is 4.98 Å². The fraction of sp³-hybridized carbons (Fsp3) is 0.286. The molecule has 1 heterocycles. The quantitative estimate of drug-likeness (QED) is 0.840. The molecule has 0 unspecified atom stereocenters. The van der Waals surface area contributed by atoms with Crippen LogP contribution in [0.4, 0.5) is 0 Å². The Kier molecular flexibility index (Phi) is 3.63. The average Bonchev–Trinajstić information content (AvgIpc) is 2.86. The summed E-state index contributed by atoms with van der Waals surface area (Å²) in [4.78, 5) is 4.29. The van der Waals surface area contributed by atoms with Gasteiger partial charge in [0.2, 0.25) is 0 Å². The molecule has 1 aromatic carbocycles. The molecule has 18 heavy (non-hydrogen) atoms. The van der Waals surface area contributed by atoms with Gasteiger partial charge in [0.05, 0.1) is 12.8 Å². The van der Waals surface area contributed by atoms with E-state index in [0.29, 0.717) is 10.9 Å². The van der Waals surface area contributed by atoms with Gasteiger partial charge in [-0.05, 0) is 23.6 Å². The summed E-state index contributed by atoms with van der Waals surface area (Å²) in [6, 6.07) is 8.16. The lowest BCUT2D eigenvalue weighted by Gasteiger charge is -2.11. The summed E-state index contributed by atoms with van der Waals surface area (Å²) in [5, 5.41) is 11.2. The maximum absolute atomic E-state index is 8.83. The summed E-state index contributed by atoms with van der Waals surface area (Å²) in [5.74, 6) is 1.23. The molecule has 0 radical (unpaired) electrons. The normalized spacial score (nSPS) is 10.4. The van der Waals surface area contributed by atoms with E-state index in [9.17, 15) is 0 Å². The van der Waals surface area contributed by atoms with E-state index in [1.54, 1.807) is 7.11 Å². The van der Waals surface area contributed by atoms with Crippen LogP contribution < -0.4 is 4.74 Å². The average molecular weight is 258 g/mol. The predicted molar refractivity (Wildman–Crippen MR) is 72.9 cm³/mol. The number of methoxy groups -OCH3 is 1. The Balaban J connectivity index is 2.53. The Morgan fingerprint density at radius 2 is 2.17 bits per heavy atom. The molecule has 0 aliphatic carbocycles. The summed E-state index contributed by atoms with van der Waals surface area (Å²) < 4.78 is 5.36. The Morgan fingerprint density at radius 3 is 2.72 bits per heavy atom. The third-order valence-electron chi connectivity index (χ3n) is 2.77. The van der Waals surface area contributed by atoms with E-state index < -0.39 is 0 Å². The van der Waals surface area contributed by atoms with Crippen LogP contribution in [0.3, 0.4) is 0 Å². The zero-order chi connectivity index (χ0) is 13.1. The second-order valence-corrected chi connectivity index (χ2v) is 5.12. The monoisotopic (exact) mass is 258 g/mol. The standard InChI is InChI=1S/C14H14N2OS/c1-9(2)10-4-5-13(17-3)11(6-10)12-8-18-14(7-15)16-12/h4-6,8-9H,1-3H3. The first kappa shape index (κ1) is 12.6. The number of nitriles is 1. The van der Waals surface area contributed by atoms with Gasteiger partial charge in [0.15, 0.2) is 5.01 Å². The number of hydrogen-bond donors (Lipinski definition) is 0. The fourth-order valence-corrected chi connectivity index (χ4v) is 2.34. The zero-order valence-electron chi connectivity index (χ0n) is 10.6. The van der Waals surface area contributed by atoms with E-state index in [0.717, 1.165) is 17.0 Å². The van der Waals surface area contributed by atoms with Crippen molar-refractivity contribution in [1.29, 1.82) is 5.26 Å². The van der Waals surface area contributed by atoms with E-state index >= 15 is 0 Å². The van der Waals surface area contributed by atoms with E-state index in [2.05, 4.69) is 37.0 Å². The van der Waals surface area contributed by atoms with Gasteiger partial charge in [-0.1, -0.05) is 19.9 Å². The molecule has 0 spiro atoms. The molecule has 0 saturated heterocycles. The molecular weight excluding hydrogens is 244 g/mol. The van der Waals surface area contributed by atoms with Crippen LogP contribution in [-0.4, -0.2) is 12.1 Å². The van der Waals surface area contributed by atoms with Crippen molar-refractivity contribution >= 4 is 11.3 Å². The molecule has 0 bridgehead atoms. The molecular formula is C14H14N2OS. The Morgan fingerprint density at radius 1 is 1.39 bits per heavy atom. The highest BCUT2D eigenvalue weighted by Gasteiger charge is 2.12. The molecule has 0 aliphatic heterocycles. The topological polar surface area (TPSA) is 45.9 Å². The molecule has 3 nitrogen and oxygen atoms in total. The summed E-state index contributed by atoms with van der Waals surface area (Å²) in [6.45, 7) is 4.29. The van der Waals surface area contributed by atoms with Gasteiger partial charge in [-0.2, -0.15) is 5.26 Å². The molecule has 4 heteroatoms. The van der Waals surface area contributed by atoms with Crippen LogP contribution in [0, 0.1) is 11.3 Å². The van der Waals surface area contributed by atoms with Crippen LogP contribution in [0.5, 0.6) is 5.75 Å². The second-order valence-electron chi connectivity index (χ2n) is 4.26. The van der Waals surface area contributed by atoms with E-state index in [4.69, 9.17) is 10.00 Å². The molecule has 0 saturated carbocycles. The first-order valence-electron chi connectivity index (χ1n) is 5.69. The van der Waals surface area contributed by atoms with Gasteiger partial charge in [-0.15, -0.1) is 11.3 Å². The third-order valence-corrected chi connectivity index (χ3v) is 3.51. The van der Waals surface area contributed by atoms with E-state index in [1.807, 2.05) is 11.4 Å². The lowest BCUT2D eigenvalue weighted by Crippen LogP contribution is -1.93. The lowest BCUT2D eigenvalue weighted by molar-refractivity contribution is 0.416. The van der Waals surface area contributed by atoms with E-state index in [-0.39, 0.29) is 0 Å². The van der Waals surface area contributed by atoms with Crippen LogP contribution in [-0.2, 0) is 0 Å². The van der Waals surface area contributed by atoms with Crippen LogP contribution in [0.2, 0.25) is 0 Å². The molecule has 0 fully saturated rings. The second kappa shape index (κ2) is 5.19. The number of hydrogen-bond acceptors (Lipinski definition) is 4. The van der Waals surface area contributed by atoms with Gasteiger partial charge in [-0.25, -0.2) is 4.98 Å². The highest BCUT2D eigenvalue weighted by Crippen LogP contribution is 2.33. The number of nitrogens with zero attached hydrogens (tertiary/aromatic N) is 2. The molecule has 2 aromatic rings. The van der Waals surface area contributed by atoms with Crippen molar-refractivity contribution in [3.05, 3.63) is 34.2 Å². The van der Waals surface area contributed by atoms with Crippen LogP contribution >= 0.6 is 11.3 Å². The van der Waals surface area contributed by atoms with Crippen molar-refractivity contribution in [3.63, 3.8) is 0 Å². The third kappa shape index (κ3) is 2.36. The van der Waals surface area contributed by atoms with Gasteiger partial charge >= 0.3 is 0 Å². The van der Waals surface area contributed by atoms with Crippen LogP contribution in [0.25, 0.3) is 11.3 Å². The SMILES string of the molecule is COc1ccc(C(C)C)cc1-c1csc(C#N)n1. The number of aromatic nitrogens is 1. The Labute approximate surface area is 111 Å². The summed E-state index contributed by atoms with van der Waals surface area (Å²) in [6.07, 6.45) is 0. The molecule has 92 valence electrons. The molecule has 0 atom stereocenters. The van der Waals surface area contributed by atoms with Gasteiger partial charge < -0.3 is 4.74 Å². The number of benzene rings is 1. The van der Waals surface area contributed by atoms with Gasteiger partial charge in [-0.3, -0.25) is 0 Å². The highest BCUT2D eigenvalue weighted by molar-refractivity contribution is 7.10. The van der Waals surface area contributed by atoms with Gasteiger partial charge in [0, 0.05) is 10.9 Å². The van der Waals surface area contributed by atoms with Crippen LogP contribution in [0.1, 0.15) is 30.3 Å². The van der Waals surface area contributed by atoms with Gasteiger partial charge in [0.25, 0.3) is 0 Å². The van der Waals surface area contributed by atoms with E-state index in [1.165, 1.54) is 16.9 Å². The lowest BCUT2D eigenvalue weighted by atomic mass is 9.99. The number of thiazole rings is 1. The Hall–Kier alpha value is -1.86. The molecule has 2 rings (SSSR count). The summed E-state index contributed by atoms with van der Waals surface area (Å²) in [5.41, 5.74) is 2.98. The largest absolute Gasteiger partial charge is 0.496 e. The zero-order valence-corrected chi connectivity index (χ0v) is 11.4. The number of rotatable bonds is 3. The first-order valence-corrected chi connectivity index (χ1v) is 6.57. The smallest absolute Gasteiger partial charge is 0.194 e. The molecule has 0 N–H and O–H groups in total.